The molecule has 4 heteroatoms. The van der Waals surface area contributed by atoms with Crippen molar-refractivity contribution in [3.05, 3.63) is 16.4 Å². The molecule has 1 aromatic rings. The Bertz CT molecular complexity index is 384. The molecule has 1 saturated carbocycles. The lowest BCUT2D eigenvalue weighted by Crippen LogP contribution is -2.29. The molecule has 1 N–H and O–H groups in total. The molecule has 1 aliphatic rings. The molecule has 0 aromatic carbocycles. The zero-order chi connectivity index (χ0) is 13.1. The summed E-state index contributed by atoms with van der Waals surface area (Å²) in [6.45, 7) is 5.53. The van der Waals surface area contributed by atoms with Crippen LogP contribution >= 0.6 is 15.9 Å². The highest BCUT2D eigenvalue weighted by Crippen LogP contribution is 2.41. The average Bonchev–Trinajstić information content (AvgIpc) is 2.72. The lowest BCUT2D eigenvalue weighted by molar-refractivity contribution is 0.283. The van der Waals surface area contributed by atoms with Gasteiger partial charge in [-0.15, -0.1) is 0 Å². The van der Waals surface area contributed by atoms with E-state index in [1.807, 2.05) is 6.20 Å². The Balaban J connectivity index is 2.30. The van der Waals surface area contributed by atoms with Gasteiger partial charge in [-0.25, -0.2) is 0 Å². The minimum absolute atomic E-state index is 0.434. The highest BCUT2D eigenvalue weighted by Gasteiger charge is 2.30. The van der Waals surface area contributed by atoms with Crippen molar-refractivity contribution in [3.63, 3.8) is 0 Å². The van der Waals surface area contributed by atoms with Gasteiger partial charge < -0.3 is 5.32 Å². The minimum atomic E-state index is 0.434. The van der Waals surface area contributed by atoms with Gasteiger partial charge in [0.25, 0.3) is 0 Å². The third-order valence-electron chi connectivity index (χ3n) is 4.00. The van der Waals surface area contributed by atoms with Crippen LogP contribution in [0.1, 0.15) is 57.2 Å². The maximum atomic E-state index is 4.53. The van der Waals surface area contributed by atoms with Gasteiger partial charge in [0.1, 0.15) is 0 Å². The first-order chi connectivity index (χ1) is 8.65. The molecule has 0 saturated heterocycles. The molecule has 0 spiro atoms. The summed E-state index contributed by atoms with van der Waals surface area (Å²) in [5.41, 5.74) is 1.41. The second-order valence-electron chi connectivity index (χ2n) is 5.62. The Labute approximate surface area is 118 Å². The molecule has 1 heterocycles. The molecule has 1 aromatic heterocycles. The van der Waals surface area contributed by atoms with Gasteiger partial charge in [0.2, 0.25) is 0 Å². The van der Waals surface area contributed by atoms with Gasteiger partial charge in [0.15, 0.2) is 0 Å². The Hall–Kier alpha value is -0.350. The van der Waals surface area contributed by atoms with Crippen molar-refractivity contribution in [1.82, 2.24) is 15.1 Å². The zero-order valence-electron chi connectivity index (χ0n) is 11.6. The third kappa shape index (κ3) is 2.80. The summed E-state index contributed by atoms with van der Waals surface area (Å²) in [6.07, 6.45) is 7.31. The van der Waals surface area contributed by atoms with E-state index in [4.69, 9.17) is 0 Å². The van der Waals surface area contributed by atoms with Gasteiger partial charge >= 0.3 is 0 Å². The number of hydrogen-bond acceptors (Lipinski definition) is 2. The van der Waals surface area contributed by atoms with Crippen molar-refractivity contribution >= 4 is 15.9 Å². The number of halogens is 1. The van der Waals surface area contributed by atoms with E-state index in [0.29, 0.717) is 12.0 Å². The van der Waals surface area contributed by atoms with Crippen LogP contribution in [0, 0.1) is 5.92 Å². The van der Waals surface area contributed by atoms with Gasteiger partial charge in [-0.2, -0.15) is 5.10 Å². The molecule has 0 amide bonds. The fraction of sp³-hybridized carbons (Fsp3) is 0.786. The summed E-state index contributed by atoms with van der Waals surface area (Å²) < 4.78 is 3.38. The van der Waals surface area contributed by atoms with Crippen molar-refractivity contribution in [2.45, 2.75) is 51.5 Å². The van der Waals surface area contributed by atoms with Crippen LogP contribution in [0.2, 0.25) is 0 Å². The molecule has 2 unspecified atom stereocenters. The molecule has 2 atom stereocenters. The number of nitrogens with zero attached hydrogens (tertiary/aromatic N) is 2. The first kappa shape index (κ1) is 14.1. The number of nitrogens with one attached hydrogen (secondary N) is 1. The van der Waals surface area contributed by atoms with E-state index >= 15 is 0 Å². The molecule has 0 radical (unpaired) electrons. The topological polar surface area (TPSA) is 29.9 Å². The van der Waals surface area contributed by atoms with E-state index in [0.717, 1.165) is 12.5 Å². The predicted octanol–water partition coefficient (Wildman–Crippen LogP) is 3.72. The van der Waals surface area contributed by atoms with E-state index in [1.165, 1.54) is 35.8 Å². The smallest absolute Gasteiger partial charge is 0.0635 e. The van der Waals surface area contributed by atoms with E-state index in [9.17, 15) is 0 Å². The molecular formula is C14H24BrN3. The molecule has 0 bridgehead atoms. The number of hydrogen-bond donors (Lipinski definition) is 1. The minimum Gasteiger partial charge on any atom is -0.319 e. The summed E-state index contributed by atoms with van der Waals surface area (Å²) >= 11 is 3.70. The second-order valence-corrected chi connectivity index (χ2v) is 6.48. The second kappa shape index (κ2) is 6.20. The van der Waals surface area contributed by atoms with Gasteiger partial charge in [-0.1, -0.05) is 12.8 Å². The monoisotopic (exact) mass is 313 g/mol. The van der Waals surface area contributed by atoms with E-state index < -0.39 is 0 Å². The van der Waals surface area contributed by atoms with E-state index in [1.54, 1.807) is 0 Å². The molecule has 102 valence electrons. The SMILES string of the molecule is CNCC1CCCCC1c1c(Br)cnn1C(C)C. The third-order valence-corrected chi connectivity index (χ3v) is 4.61. The largest absolute Gasteiger partial charge is 0.319 e. The predicted molar refractivity (Wildman–Crippen MR) is 78.9 cm³/mol. The van der Waals surface area contributed by atoms with Crippen molar-refractivity contribution in [3.8, 4) is 0 Å². The fourth-order valence-electron chi connectivity index (χ4n) is 3.18. The normalized spacial score (nSPS) is 24.7. The summed E-state index contributed by atoms with van der Waals surface area (Å²) in [4.78, 5) is 0. The molecule has 0 aliphatic heterocycles. The van der Waals surface area contributed by atoms with Crippen LogP contribution in [-0.2, 0) is 0 Å². The van der Waals surface area contributed by atoms with Crippen LogP contribution in [0.5, 0.6) is 0 Å². The van der Waals surface area contributed by atoms with Crippen molar-refractivity contribution in [2.24, 2.45) is 5.92 Å². The van der Waals surface area contributed by atoms with Crippen molar-refractivity contribution in [1.29, 1.82) is 0 Å². The highest BCUT2D eigenvalue weighted by atomic mass is 79.9. The first-order valence-electron chi connectivity index (χ1n) is 7.02. The quantitative estimate of drug-likeness (QED) is 0.918. The van der Waals surface area contributed by atoms with Crippen LogP contribution in [-0.4, -0.2) is 23.4 Å². The van der Waals surface area contributed by atoms with Gasteiger partial charge in [0, 0.05) is 12.0 Å². The Kier molecular flexibility index (Phi) is 4.84. The van der Waals surface area contributed by atoms with Crippen LogP contribution in [0.15, 0.2) is 10.7 Å². The lowest BCUT2D eigenvalue weighted by Gasteiger charge is -2.32. The molecule has 2 rings (SSSR count). The van der Waals surface area contributed by atoms with Crippen molar-refractivity contribution < 1.29 is 0 Å². The summed E-state index contributed by atoms with van der Waals surface area (Å²) in [7, 11) is 2.06. The zero-order valence-corrected chi connectivity index (χ0v) is 13.2. The standard InChI is InChI=1S/C14H24BrN3/c1-10(2)18-14(13(15)9-17-18)12-7-5-4-6-11(12)8-16-3/h9-12,16H,4-8H2,1-3H3. The van der Waals surface area contributed by atoms with Crippen LogP contribution in [0.25, 0.3) is 0 Å². The Morgan fingerprint density at radius 2 is 2.17 bits per heavy atom. The highest BCUT2D eigenvalue weighted by molar-refractivity contribution is 9.10. The van der Waals surface area contributed by atoms with Crippen LogP contribution in [0.3, 0.4) is 0 Å². The molecule has 18 heavy (non-hydrogen) atoms. The number of rotatable bonds is 4. The lowest BCUT2D eigenvalue weighted by atomic mass is 9.77. The first-order valence-corrected chi connectivity index (χ1v) is 7.82. The van der Waals surface area contributed by atoms with Crippen LogP contribution in [0.4, 0.5) is 0 Å². The molecular weight excluding hydrogens is 290 g/mol. The van der Waals surface area contributed by atoms with Crippen molar-refractivity contribution in [2.75, 3.05) is 13.6 Å². The fourth-order valence-corrected chi connectivity index (χ4v) is 3.75. The Morgan fingerprint density at radius 3 is 2.83 bits per heavy atom. The van der Waals surface area contributed by atoms with Gasteiger partial charge in [-0.05, 0) is 62.1 Å². The molecule has 1 aliphatic carbocycles. The maximum Gasteiger partial charge on any atom is 0.0635 e. The molecule has 1 fully saturated rings. The molecule has 3 nitrogen and oxygen atoms in total. The maximum absolute atomic E-state index is 4.53. The van der Waals surface area contributed by atoms with E-state index in [2.05, 4.69) is 51.9 Å². The summed E-state index contributed by atoms with van der Waals surface area (Å²) in [5.74, 6) is 1.39. The van der Waals surface area contributed by atoms with Gasteiger partial charge in [0.05, 0.1) is 16.4 Å². The van der Waals surface area contributed by atoms with E-state index in [-0.39, 0.29) is 0 Å². The Morgan fingerprint density at radius 1 is 1.44 bits per heavy atom. The average molecular weight is 314 g/mol. The number of aromatic nitrogens is 2. The van der Waals surface area contributed by atoms with Crippen LogP contribution < -0.4 is 5.32 Å². The van der Waals surface area contributed by atoms with Gasteiger partial charge in [-0.3, -0.25) is 4.68 Å². The summed E-state index contributed by atoms with van der Waals surface area (Å²) in [6, 6.07) is 0.434. The summed E-state index contributed by atoms with van der Waals surface area (Å²) in [5, 5.41) is 7.89.